The number of halogens is 1. The summed E-state index contributed by atoms with van der Waals surface area (Å²) in [5.74, 6) is 0.663. The van der Waals surface area contributed by atoms with Crippen LogP contribution >= 0.6 is 15.9 Å². The number of rotatable bonds is 3. The normalized spacial score (nSPS) is 13.3. The summed E-state index contributed by atoms with van der Waals surface area (Å²) >= 11 is 3.43. The first-order valence-electron chi connectivity index (χ1n) is 8.04. The Morgan fingerprint density at radius 2 is 2.12 bits per heavy atom. The topological polar surface area (TPSA) is 78.1 Å². The first-order chi connectivity index (χ1) is 12.6. The maximum absolute atomic E-state index is 12.7. The second kappa shape index (κ2) is 6.66. The number of fused-ring (bicyclic) bond motifs is 2. The van der Waals surface area contributed by atoms with Crippen LogP contribution in [-0.4, -0.2) is 18.5 Å². The Morgan fingerprint density at radius 3 is 2.92 bits per heavy atom. The third kappa shape index (κ3) is 2.83. The lowest BCUT2D eigenvalue weighted by molar-refractivity contribution is -0.0160. The molecule has 26 heavy (non-hydrogen) atoms. The zero-order valence-electron chi connectivity index (χ0n) is 13.9. The van der Waals surface area contributed by atoms with Crippen LogP contribution in [0.3, 0.4) is 0 Å². The van der Waals surface area contributed by atoms with Gasteiger partial charge in [-0.15, -0.1) is 0 Å². The molecule has 0 saturated heterocycles. The van der Waals surface area contributed by atoms with Crippen molar-refractivity contribution in [2.45, 2.75) is 13.5 Å². The van der Waals surface area contributed by atoms with Crippen LogP contribution in [0.15, 0.2) is 44.0 Å². The quantitative estimate of drug-likeness (QED) is 0.686. The number of aromatic hydroxyl groups is 1. The van der Waals surface area contributed by atoms with Crippen molar-refractivity contribution in [2.75, 3.05) is 13.4 Å². The first kappa shape index (κ1) is 16.9. The van der Waals surface area contributed by atoms with Gasteiger partial charge in [0, 0.05) is 10.0 Å². The van der Waals surface area contributed by atoms with E-state index in [1.54, 1.807) is 24.3 Å². The minimum Gasteiger partial charge on any atom is -0.502 e. The highest BCUT2D eigenvalue weighted by molar-refractivity contribution is 9.10. The standard InChI is InChI=1S/C19H15BrO6/c1-2-24-12-3-4-15-13(7-12)16(21)17(22)19(26-15)14-6-11(20)5-10-8-23-9-25-18(10)14/h3-7,22H,2,8-9H2,1H3. The van der Waals surface area contributed by atoms with Gasteiger partial charge in [0.05, 0.1) is 24.2 Å². The Bertz CT molecular complexity index is 1060. The van der Waals surface area contributed by atoms with Crippen LogP contribution in [-0.2, 0) is 11.3 Å². The molecule has 0 spiro atoms. The molecule has 2 heterocycles. The summed E-state index contributed by atoms with van der Waals surface area (Å²) in [5, 5.41) is 10.8. The predicted molar refractivity (Wildman–Crippen MR) is 98.7 cm³/mol. The lowest BCUT2D eigenvalue weighted by Gasteiger charge is -2.21. The summed E-state index contributed by atoms with van der Waals surface area (Å²) in [7, 11) is 0. The minimum absolute atomic E-state index is 0.0612. The van der Waals surface area contributed by atoms with Crippen molar-refractivity contribution in [2.24, 2.45) is 0 Å². The van der Waals surface area contributed by atoms with Crippen LogP contribution in [0.5, 0.6) is 17.2 Å². The molecule has 3 aromatic rings. The van der Waals surface area contributed by atoms with Gasteiger partial charge in [-0.3, -0.25) is 4.79 Å². The van der Waals surface area contributed by atoms with Crippen LogP contribution in [0, 0.1) is 0 Å². The monoisotopic (exact) mass is 418 g/mol. The summed E-state index contributed by atoms with van der Waals surface area (Å²) in [4.78, 5) is 12.7. The van der Waals surface area contributed by atoms with Gasteiger partial charge < -0.3 is 23.7 Å². The van der Waals surface area contributed by atoms with Crippen molar-refractivity contribution < 1.29 is 23.7 Å². The highest BCUT2D eigenvalue weighted by Gasteiger charge is 2.23. The molecule has 7 heteroatoms. The van der Waals surface area contributed by atoms with E-state index < -0.39 is 11.2 Å². The van der Waals surface area contributed by atoms with Crippen LogP contribution in [0.1, 0.15) is 12.5 Å². The van der Waals surface area contributed by atoms with E-state index in [0.717, 1.165) is 10.0 Å². The van der Waals surface area contributed by atoms with E-state index in [9.17, 15) is 9.90 Å². The average Bonchev–Trinajstić information content (AvgIpc) is 2.64. The van der Waals surface area contributed by atoms with Crippen LogP contribution in [0.2, 0.25) is 0 Å². The molecule has 0 unspecified atom stereocenters. The largest absolute Gasteiger partial charge is 0.502 e. The third-order valence-corrected chi connectivity index (χ3v) is 4.53. The van der Waals surface area contributed by atoms with Gasteiger partial charge in [0.25, 0.3) is 0 Å². The third-order valence-electron chi connectivity index (χ3n) is 4.07. The van der Waals surface area contributed by atoms with Gasteiger partial charge in [-0.2, -0.15) is 0 Å². The number of ether oxygens (including phenoxy) is 3. The molecule has 6 nitrogen and oxygen atoms in total. The summed E-state index contributed by atoms with van der Waals surface area (Å²) in [6, 6.07) is 8.54. The molecular formula is C19H15BrO6. The van der Waals surface area contributed by atoms with Gasteiger partial charge in [0.15, 0.2) is 12.6 Å². The van der Waals surface area contributed by atoms with Crippen molar-refractivity contribution in [3.8, 4) is 28.6 Å². The van der Waals surface area contributed by atoms with E-state index in [1.165, 1.54) is 0 Å². The Balaban J connectivity index is 1.96. The molecule has 0 fully saturated rings. The fraction of sp³-hybridized carbons (Fsp3) is 0.211. The Morgan fingerprint density at radius 1 is 1.27 bits per heavy atom. The van der Waals surface area contributed by atoms with Crippen LogP contribution in [0.4, 0.5) is 0 Å². The van der Waals surface area contributed by atoms with E-state index in [-0.39, 0.29) is 17.9 Å². The van der Waals surface area contributed by atoms with E-state index in [2.05, 4.69) is 15.9 Å². The molecule has 4 rings (SSSR count). The minimum atomic E-state index is -0.524. The summed E-state index contributed by atoms with van der Waals surface area (Å²) in [5.41, 5.74) is 1.12. The van der Waals surface area contributed by atoms with Gasteiger partial charge in [-0.1, -0.05) is 15.9 Å². The molecular weight excluding hydrogens is 404 g/mol. The lowest BCUT2D eigenvalue weighted by atomic mass is 10.0. The number of hydrogen-bond acceptors (Lipinski definition) is 6. The molecule has 0 saturated carbocycles. The SMILES string of the molecule is CCOc1ccc2oc(-c3cc(Br)cc4c3OCOC4)c(O)c(=O)c2c1. The molecule has 0 amide bonds. The van der Waals surface area contributed by atoms with E-state index in [0.29, 0.717) is 35.9 Å². The van der Waals surface area contributed by atoms with Gasteiger partial charge in [0.1, 0.15) is 17.1 Å². The first-order valence-corrected chi connectivity index (χ1v) is 8.83. The Labute approximate surface area is 157 Å². The van der Waals surface area contributed by atoms with Gasteiger partial charge in [-0.25, -0.2) is 0 Å². The summed E-state index contributed by atoms with van der Waals surface area (Å²) in [6.07, 6.45) is 0. The summed E-state index contributed by atoms with van der Waals surface area (Å²) < 4.78 is 22.9. The van der Waals surface area contributed by atoms with E-state index in [4.69, 9.17) is 18.6 Å². The lowest BCUT2D eigenvalue weighted by Crippen LogP contribution is -2.12. The smallest absolute Gasteiger partial charge is 0.235 e. The molecule has 1 aromatic heterocycles. The van der Waals surface area contributed by atoms with Crippen molar-refractivity contribution in [1.29, 1.82) is 0 Å². The summed E-state index contributed by atoms with van der Waals surface area (Å²) in [6.45, 7) is 2.80. The van der Waals surface area contributed by atoms with Crippen molar-refractivity contribution in [3.05, 3.63) is 50.6 Å². The van der Waals surface area contributed by atoms with Crippen LogP contribution in [0.25, 0.3) is 22.3 Å². The number of benzene rings is 2. The van der Waals surface area contributed by atoms with Crippen molar-refractivity contribution in [1.82, 2.24) is 0 Å². The molecule has 0 radical (unpaired) electrons. The molecule has 134 valence electrons. The zero-order chi connectivity index (χ0) is 18.3. The number of hydrogen-bond donors (Lipinski definition) is 1. The van der Waals surface area contributed by atoms with E-state index in [1.807, 2.05) is 13.0 Å². The second-order valence-electron chi connectivity index (χ2n) is 5.75. The van der Waals surface area contributed by atoms with Crippen molar-refractivity contribution in [3.63, 3.8) is 0 Å². The maximum atomic E-state index is 12.7. The fourth-order valence-corrected chi connectivity index (χ4v) is 3.46. The second-order valence-corrected chi connectivity index (χ2v) is 6.67. The molecule has 0 aliphatic carbocycles. The van der Waals surface area contributed by atoms with Gasteiger partial charge in [-0.05, 0) is 37.3 Å². The Kier molecular flexibility index (Phi) is 4.34. The highest BCUT2D eigenvalue weighted by Crippen LogP contribution is 2.42. The molecule has 1 aliphatic heterocycles. The fourth-order valence-electron chi connectivity index (χ4n) is 2.95. The van der Waals surface area contributed by atoms with Crippen molar-refractivity contribution >= 4 is 26.9 Å². The average molecular weight is 419 g/mol. The molecule has 0 bridgehead atoms. The van der Waals surface area contributed by atoms with Gasteiger partial charge in [0.2, 0.25) is 11.2 Å². The van der Waals surface area contributed by atoms with Gasteiger partial charge >= 0.3 is 0 Å². The zero-order valence-corrected chi connectivity index (χ0v) is 15.5. The molecule has 2 aromatic carbocycles. The molecule has 0 atom stereocenters. The Hall–Kier alpha value is -2.51. The molecule has 1 aliphatic rings. The highest BCUT2D eigenvalue weighted by atomic mass is 79.9. The van der Waals surface area contributed by atoms with E-state index >= 15 is 0 Å². The van der Waals surface area contributed by atoms with Crippen LogP contribution < -0.4 is 14.9 Å². The predicted octanol–water partition coefficient (Wildman–Crippen LogP) is 4.19. The molecule has 1 N–H and O–H groups in total. The maximum Gasteiger partial charge on any atom is 0.235 e.